The summed E-state index contributed by atoms with van der Waals surface area (Å²) >= 11 is 0. The standard InChI is InChI=1S/C18H37O.K/c1-2-3-4-5-6-7-8-9-10-11-12-13-14-15-16-17-18-19;/h2-18H2,1H3;/q-1;+1. The van der Waals surface area contributed by atoms with Crippen LogP contribution in [0.15, 0.2) is 0 Å². The Kier molecular flexibility index (Phi) is 27.3. The maximum absolute atomic E-state index is 10.3. The van der Waals surface area contributed by atoms with Gasteiger partial charge in [0.25, 0.3) is 0 Å². The molecule has 0 heterocycles. The van der Waals surface area contributed by atoms with E-state index in [4.69, 9.17) is 0 Å². The molecular formula is C18H37KO. The molecule has 0 bridgehead atoms. The molecule has 0 saturated heterocycles. The van der Waals surface area contributed by atoms with E-state index in [1.165, 1.54) is 89.9 Å². The van der Waals surface area contributed by atoms with Crippen LogP contribution in [-0.4, -0.2) is 6.61 Å². The molecule has 0 aliphatic heterocycles. The molecule has 0 atom stereocenters. The Hall–Kier alpha value is 1.60. The minimum Gasteiger partial charge on any atom is -0.854 e. The first kappa shape index (κ1) is 23.9. The summed E-state index contributed by atoms with van der Waals surface area (Å²) in [6.07, 6.45) is 21.8. The summed E-state index contributed by atoms with van der Waals surface area (Å²) < 4.78 is 0. The van der Waals surface area contributed by atoms with Crippen molar-refractivity contribution in [1.82, 2.24) is 0 Å². The molecule has 0 N–H and O–H groups in total. The van der Waals surface area contributed by atoms with Crippen molar-refractivity contribution < 1.29 is 56.5 Å². The second-order valence-corrected chi connectivity index (χ2v) is 6.01. The van der Waals surface area contributed by atoms with Crippen molar-refractivity contribution in [3.05, 3.63) is 0 Å². The molecule has 0 aliphatic carbocycles. The third kappa shape index (κ3) is 21.9. The zero-order chi connectivity index (χ0) is 14.0. The summed E-state index contributed by atoms with van der Waals surface area (Å²) in [6, 6.07) is 0. The fraction of sp³-hybridized carbons (Fsp3) is 1.00. The maximum atomic E-state index is 10.3. The third-order valence-electron chi connectivity index (χ3n) is 4.00. The smallest absolute Gasteiger partial charge is 0.854 e. The molecule has 0 aromatic carbocycles. The second kappa shape index (κ2) is 22.9. The molecule has 0 aliphatic rings. The molecule has 0 spiro atoms. The Morgan fingerprint density at radius 2 is 0.700 bits per heavy atom. The van der Waals surface area contributed by atoms with Crippen LogP contribution in [0.5, 0.6) is 0 Å². The largest absolute Gasteiger partial charge is 1.00 e. The Bertz CT molecular complexity index is 134. The van der Waals surface area contributed by atoms with Crippen molar-refractivity contribution in [2.75, 3.05) is 6.61 Å². The van der Waals surface area contributed by atoms with Gasteiger partial charge in [-0.2, -0.15) is 0 Å². The van der Waals surface area contributed by atoms with Crippen LogP contribution >= 0.6 is 0 Å². The monoisotopic (exact) mass is 308 g/mol. The van der Waals surface area contributed by atoms with Crippen LogP contribution in [0.25, 0.3) is 0 Å². The summed E-state index contributed by atoms with van der Waals surface area (Å²) in [5.41, 5.74) is 0. The molecule has 0 aromatic rings. The second-order valence-electron chi connectivity index (χ2n) is 6.01. The van der Waals surface area contributed by atoms with E-state index in [0.717, 1.165) is 12.8 Å². The van der Waals surface area contributed by atoms with E-state index in [9.17, 15) is 5.11 Å². The Morgan fingerprint density at radius 3 is 0.950 bits per heavy atom. The molecule has 2 heteroatoms. The normalized spacial score (nSPS) is 10.5. The number of rotatable bonds is 16. The van der Waals surface area contributed by atoms with Gasteiger partial charge in [0.1, 0.15) is 0 Å². The number of hydrogen-bond acceptors (Lipinski definition) is 1. The van der Waals surface area contributed by atoms with Gasteiger partial charge in [0.15, 0.2) is 0 Å². The first-order valence-corrected chi connectivity index (χ1v) is 9.00. The van der Waals surface area contributed by atoms with Crippen molar-refractivity contribution in [2.45, 2.75) is 110 Å². The van der Waals surface area contributed by atoms with E-state index in [1.807, 2.05) is 0 Å². The van der Waals surface area contributed by atoms with Gasteiger partial charge in [-0.15, -0.1) is 6.61 Å². The fourth-order valence-corrected chi connectivity index (χ4v) is 2.65. The van der Waals surface area contributed by atoms with Crippen molar-refractivity contribution >= 4 is 0 Å². The zero-order valence-corrected chi connectivity index (χ0v) is 17.6. The van der Waals surface area contributed by atoms with E-state index >= 15 is 0 Å². The summed E-state index contributed by atoms with van der Waals surface area (Å²) in [7, 11) is 0. The molecule has 1 nitrogen and oxygen atoms in total. The number of hydrogen-bond donors (Lipinski definition) is 0. The SMILES string of the molecule is CCCCCCCCCCCCCCCCCC[O-].[K+]. The average Bonchev–Trinajstić information content (AvgIpc) is 2.43. The molecule has 0 saturated carbocycles. The first-order valence-electron chi connectivity index (χ1n) is 9.00. The van der Waals surface area contributed by atoms with E-state index in [1.54, 1.807) is 0 Å². The molecule has 116 valence electrons. The summed E-state index contributed by atoms with van der Waals surface area (Å²) in [5, 5.41) is 10.3. The van der Waals surface area contributed by atoms with Crippen LogP contribution in [0.3, 0.4) is 0 Å². The summed E-state index contributed by atoms with van der Waals surface area (Å²) in [4.78, 5) is 0. The Morgan fingerprint density at radius 1 is 0.450 bits per heavy atom. The van der Waals surface area contributed by atoms with Gasteiger partial charge < -0.3 is 5.11 Å². The first-order chi connectivity index (χ1) is 9.41. The predicted molar refractivity (Wildman–Crippen MR) is 84.4 cm³/mol. The van der Waals surface area contributed by atoms with Gasteiger partial charge in [-0.05, 0) is 0 Å². The van der Waals surface area contributed by atoms with Gasteiger partial charge in [-0.25, -0.2) is 0 Å². The summed E-state index contributed by atoms with van der Waals surface area (Å²) in [6.45, 7) is 2.41. The van der Waals surface area contributed by atoms with Crippen molar-refractivity contribution in [3.8, 4) is 0 Å². The van der Waals surface area contributed by atoms with Crippen molar-refractivity contribution in [1.29, 1.82) is 0 Å². The van der Waals surface area contributed by atoms with Crippen LogP contribution in [0, 0.1) is 0 Å². The molecule has 0 aromatic heterocycles. The predicted octanol–water partition coefficient (Wildman–Crippen LogP) is 2.61. The minimum absolute atomic E-state index is 0. The molecule has 0 unspecified atom stereocenters. The van der Waals surface area contributed by atoms with E-state index in [0.29, 0.717) is 0 Å². The molecule has 0 fully saturated rings. The topological polar surface area (TPSA) is 23.1 Å². The molecule has 0 radical (unpaired) electrons. The van der Waals surface area contributed by atoms with Gasteiger partial charge in [-0.3, -0.25) is 0 Å². The number of unbranched alkanes of at least 4 members (excludes halogenated alkanes) is 15. The zero-order valence-electron chi connectivity index (χ0n) is 14.4. The van der Waals surface area contributed by atoms with Gasteiger partial charge in [0, 0.05) is 0 Å². The quantitative estimate of drug-likeness (QED) is 0.317. The minimum atomic E-state index is 0. The van der Waals surface area contributed by atoms with Gasteiger partial charge in [0.2, 0.25) is 0 Å². The van der Waals surface area contributed by atoms with Crippen LogP contribution in [0.2, 0.25) is 0 Å². The Balaban J connectivity index is 0. The van der Waals surface area contributed by atoms with Crippen LogP contribution in [0.1, 0.15) is 110 Å². The van der Waals surface area contributed by atoms with Crippen LogP contribution in [0.4, 0.5) is 0 Å². The van der Waals surface area contributed by atoms with Crippen LogP contribution in [-0.2, 0) is 0 Å². The van der Waals surface area contributed by atoms with E-state index in [2.05, 4.69) is 6.92 Å². The van der Waals surface area contributed by atoms with Crippen molar-refractivity contribution in [3.63, 3.8) is 0 Å². The third-order valence-corrected chi connectivity index (χ3v) is 4.00. The molecular weight excluding hydrogens is 271 g/mol. The van der Waals surface area contributed by atoms with Gasteiger partial charge in [-0.1, -0.05) is 110 Å². The van der Waals surface area contributed by atoms with E-state index in [-0.39, 0.29) is 58.0 Å². The van der Waals surface area contributed by atoms with Crippen LogP contribution < -0.4 is 56.5 Å². The Labute approximate surface area is 171 Å². The van der Waals surface area contributed by atoms with Gasteiger partial charge in [0.05, 0.1) is 0 Å². The average molecular weight is 309 g/mol. The van der Waals surface area contributed by atoms with E-state index < -0.39 is 0 Å². The van der Waals surface area contributed by atoms with Gasteiger partial charge >= 0.3 is 51.4 Å². The fourth-order valence-electron chi connectivity index (χ4n) is 2.65. The molecule has 20 heavy (non-hydrogen) atoms. The maximum Gasteiger partial charge on any atom is 1.00 e. The van der Waals surface area contributed by atoms with Crippen molar-refractivity contribution in [2.24, 2.45) is 0 Å². The molecule has 0 amide bonds. The molecule has 0 rings (SSSR count). The summed E-state index contributed by atoms with van der Waals surface area (Å²) in [5.74, 6) is 0.